The van der Waals surface area contributed by atoms with E-state index < -0.39 is 0 Å². The fourth-order valence-electron chi connectivity index (χ4n) is 2.59. The lowest BCUT2D eigenvalue weighted by molar-refractivity contribution is -0.116. The van der Waals surface area contributed by atoms with E-state index in [1.165, 1.54) is 11.8 Å². The van der Waals surface area contributed by atoms with Crippen LogP contribution < -0.4 is 20.1 Å². The first kappa shape index (κ1) is 22.1. The summed E-state index contributed by atoms with van der Waals surface area (Å²) in [7, 11) is 1.58. The number of anilines is 1. The number of methoxy groups -OCH3 is 1. The van der Waals surface area contributed by atoms with Crippen LogP contribution in [0.1, 0.15) is 5.56 Å². The van der Waals surface area contributed by atoms with Crippen LogP contribution in [0.5, 0.6) is 11.5 Å². The molecule has 2 aromatic carbocycles. The van der Waals surface area contributed by atoms with Crippen LogP contribution in [0.3, 0.4) is 0 Å². The van der Waals surface area contributed by atoms with Gasteiger partial charge in [0.2, 0.25) is 0 Å². The Morgan fingerprint density at radius 3 is 2.69 bits per heavy atom. The summed E-state index contributed by atoms with van der Waals surface area (Å²) in [6.07, 6.45) is 3.50. The molecule has 1 aliphatic rings. The summed E-state index contributed by atoms with van der Waals surface area (Å²) in [5.74, 6) is 1.17. The smallest absolute Gasteiger partial charge is 0.260 e. The number of rotatable bonds is 7. The number of amides is 1. The molecule has 1 aliphatic heterocycles. The Kier molecular flexibility index (Phi) is 7.56. The van der Waals surface area contributed by atoms with E-state index in [0.29, 0.717) is 33.7 Å². The summed E-state index contributed by atoms with van der Waals surface area (Å²) >= 11 is 14.5. The van der Waals surface area contributed by atoms with Crippen molar-refractivity contribution in [3.8, 4) is 11.5 Å². The van der Waals surface area contributed by atoms with E-state index >= 15 is 0 Å². The zero-order chi connectivity index (χ0) is 21.0. The number of ether oxygens (including phenoxy) is 2. The molecular weight excluding hydrogens is 544 g/mol. The molecule has 2 N–H and O–H groups in total. The summed E-state index contributed by atoms with van der Waals surface area (Å²) in [6.45, 7) is 4.05. The first-order valence-corrected chi connectivity index (χ1v) is 11.3. The second kappa shape index (κ2) is 9.93. The predicted octanol–water partition coefficient (Wildman–Crippen LogP) is 6.04. The van der Waals surface area contributed by atoms with E-state index in [1.807, 2.05) is 18.2 Å². The van der Waals surface area contributed by atoms with Crippen molar-refractivity contribution in [2.24, 2.45) is 0 Å². The number of benzene rings is 2. The highest BCUT2D eigenvalue weighted by Gasteiger charge is 2.28. The Labute approximate surface area is 195 Å². The summed E-state index contributed by atoms with van der Waals surface area (Å²) in [4.78, 5) is 13.0. The van der Waals surface area contributed by atoms with Gasteiger partial charge in [0.25, 0.3) is 5.91 Å². The lowest BCUT2D eigenvalue weighted by Gasteiger charge is -2.15. The second-order valence-corrected chi connectivity index (χ2v) is 9.17. The topological polar surface area (TPSA) is 59.6 Å². The SMILES string of the molecule is C=CCOc1c(Br)cc(/C=C2\SC(Nc3cc(Cl)ccc3OC)NC2=O)cc1Br. The molecule has 3 rings (SSSR count). The number of halogens is 3. The van der Waals surface area contributed by atoms with Gasteiger partial charge in [-0.2, -0.15) is 0 Å². The van der Waals surface area contributed by atoms with Gasteiger partial charge in [-0.1, -0.05) is 36.0 Å². The Bertz CT molecular complexity index is 961. The Hall–Kier alpha value is -1.61. The second-order valence-electron chi connectivity index (χ2n) is 5.88. The molecule has 152 valence electrons. The van der Waals surface area contributed by atoms with E-state index in [1.54, 1.807) is 31.4 Å². The number of carbonyl (C=O) groups is 1. The van der Waals surface area contributed by atoms with E-state index in [-0.39, 0.29) is 11.4 Å². The summed E-state index contributed by atoms with van der Waals surface area (Å²) in [5.41, 5.74) is 1.21. The Balaban J connectivity index is 1.77. The van der Waals surface area contributed by atoms with Gasteiger partial charge in [0.1, 0.15) is 18.1 Å². The molecular formula is C20H17Br2ClN2O3S. The Morgan fingerprint density at radius 2 is 2.03 bits per heavy atom. The van der Waals surface area contributed by atoms with Gasteiger partial charge < -0.3 is 20.1 Å². The molecule has 0 bridgehead atoms. The molecule has 1 unspecified atom stereocenters. The highest BCUT2D eigenvalue weighted by molar-refractivity contribution is 9.11. The molecule has 0 saturated carbocycles. The minimum absolute atomic E-state index is 0.160. The van der Waals surface area contributed by atoms with Crippen molar-refractivity contribution >= 4 is 72.9 Å². The maximum atomic E-state index is 12.4. The zero-order valence-corrected chi connectivity index (χ0v) is 20.0. The molecule has 29 heavy (non-hydrogen) atoms. The van der Waals surface area contributed by atoms with Gasteiger partial charge in [-0.3, -0.25) is 4.79 Å². The molecule has 1 saturated heterocycles. The first-order chi connectivity index (χ1) is 13.9. The highest BCUT2D eigenvalue weighted by atomic mass is 79.9. The third kappa shape index (κ3) is 5.51. The van der Waals surface area contributed by atoms with Crippen molar-refractivity contribution in [1.82, 2.24) is 5.32 Å². The van der Waals surface area contributed by atoms with Gasteiger partial charge in [-0.25, -0.2) is 0 Å². The van der Waals surface area contributed by atoms with Gasteiger partial charge >= 0.3 is 0 Å². The molecule has 0 aliphatic carbocycles. The fourth-order valence-corrected chi connectivity index (χ4v) is 5.19. The van der Waals surface area contributed by atoms with Crippen LogP contribution in [0.25, 0.3) is 6.08 Å². The first-order valence-electron chi connectivity index (χ1n) is 8.43. The molecule has 0 spiro atoms. The van der Waals surface area contributed by atoms with E-state index in [9.17, 15) is 4.79 Å². The van der Waals surface area contributed by atoms with E-state index in [0.717, 1.165) is 14.5 Å². The largest absolute Gasteiger partial charge is 0.495 e. The molecule has 1 amide bonds. The molecule has 0 radical (unpaired) electrons. The van der Waals surface area contributed by atoms with Crippen molar-refractivity contribution in [3.05, 3.63) is 67.4 Å². The molecule has 1 atom stereocenters. The van der Waals surface area contributed by atoms with E-state index in [2.05, 4.69) is 49.1 Å². The number of hydrogen-bond acceptors (Lipinski definition) is 5. The minimum Gasteiger partial charge on any atom is -0.495 e. The number of hydrogen-bond donors (Lipinski definition) is 2. The number of thioether (sulfide) groups is 1. The normalized spacial score (nSPS) is 17.2. The minimum atomic E-state index is -0.344. The molecule has 1 fully saturated rings. The monoisotopic (exact) mass is 558 g/mol. The lowest BCUT2D eigenvalue weighted by atomic mass is 10.2. The average Bonchev–Trinajstić information content (AvgIpc) is 3.00. The molecule has 1 heterocycles. The maximum Gasteiger partial charge on any atom is 0.260 e. The molecule has 9 heteroatoms. The maximum absolute atomic E-state index is 12.4. The third-order valence-electron chi connectivity index (χ3n) is 3.84. The molecule has 0 aromatic heterocycles. The van der Waals surface area contributed by atoms with Crippen LogP contribution in [0.4, 0.5) is 5.69 Å². The lowest BCUT2D eigenvalue weighted by Crippen LogP contribution is -2.31. The van der Waals surface area contributed by atoms with E-state index in [4.69, 9.17) is 21.1 Å². The molecule has 2 aromatic rings. The highest BCUT2D eigenvalue weighted by Crippen LogP contribution is 2.38. The zero-order valence-electron chi connectivity index (χ0n) is 15.3. The van der Waals surface area contributed by atoms with Gasteiger partial charge in [0.15, 0.2) is 5.50 Å². The standard InChI is InChI=1S/C20H17Br2ClN2O3S/c1-3-6-28-18-13(21)7-11(8-14(18)22)9-17-19(26)25-20(29-17)24-15-10-12(23)4-5-16(15)27-2/h3-5,7-10,20,24H,1,6H2,2H3,(H,25,26)/b17-9-. The van der Waals surface area contributed by atoms with Crippen LogP contribution in [-0.2, 0) is 4.79 Å². The van der Waals surface area contributed by atoms with Crippen LogP contribution in [-0.4, -0.2) is 25.1 Å². The van der Waals surface area contributed by atoms with Crippen LogP contribution in [0.2, 0.25) is 5.02 Å². The average molecular weight is 561 g/mol. The van der Waals surface area contributed by atoms with Crippen molar-refractivity contribution in [2.75, 3.05) is 19.0 Å². The van der Waals surface area contributed by atoms with Crippen molar-refractivity contribution in [2.45, 2.75) is 5.50 Å². The number of carbonyl (C=O) groups excluding carboxylic acids is 1. The third-order valence-corrected chi connectivity index (χ3v) is 6.28. The van der Waals surface area contributed by atoms with Crippen molar-refractivity contribution < 1.29 is 14.3 Å². The quantitative estimate of drug-likeness (QED) is 0.320. The van der Waals surface area contributed by atoms with Gasteiger partial charge in [0.05, 0.1) is 26.6 Å². The van der Waals surface area contributed by atoms with Crippen LogP contribution >= 0.6 is 55.2 Å². The summed E-state index contributed by atoms with van der Waals surface area (Å²) in [5, 5.41) is 6.71. The number of nitrogens with one attached hydrogen (secondary N) is 2. The Morgan fingerprint density at radius 1 is 1.31 bits per heavy atom. The summed E-state index contributed by atoms with van der Waals surface area (Å²) in [6, 6.07) is 9.06. The van der Waals surface area contributed by atoms with Gasteiger partial charge in [-0.15, -0.1) is 0 Å². The van der Waals surface area contributed by atoms with Crippen LogP contribution in [0.15, 0.2) is 56.8 Å². The van der Waals surface area contributed by atoms with Crippen molar-refractivity contribution in [1.29, 1.82) is 0 Å². The van der Waals surface area contributed by atoms with Crippen molar-refractivity contribution in [3.63, 3.8) is 0 Å². The fraction of sp³-hybridized carbons (Fsp3) is 0.150. The predicted molar refractivity (Wildman–Crippen MR) is 127 cm³/mol. The summed E-state index contributed by atoms with van der Waals surface area (Å²) < 4.78 is 12.5. The van der Waals surface area contributed by atoms with Crippen LogP contribution in [0, 0.1) is 0 Å². The van der Waals surface area contributed by atoms with Gasteiger partial charge in [0, 0.05) is 5.02 Å². The molecule has 5 nitrogen and oxygen atoms in total. The van der Waals surface area contributed by atoms with Gasteiger partial charge in [-0.05, 0) is 73.8 Å².